The molecule has 0 aliphatic carbocycles. The summed E-state index contributed by atoms with van der Waals surface area (Å²) >= 11 is 5.98. The maximum atomic E-state index is 10.7. The number of benzene rings is 1. The Balaban J connectivity index is 2.32. The lowest BCUT2D eigenvalue weighted by atomic mass is 10.2. The smallest absolute Gasteiger partial charge is 0.269 e. The van der Waals surface area contributed by atoms with Gasteiger partial charge in [0.15, 0.2) is 0 Å². The minimum atomic E-state index is -0.426. The molecule has 0 unspecified atom stereocenters. The fourth-order valence-electron chi connectivity index (χ4n) is 1.78. The van der Waals surface area contributed by atoms with Gasteiger partial charge in [0.2, 0.25) is 0 Å². The van der Waals surface area contributed by atoms with E-state index in [4.69, 9.17) is 16.3 Å². The number of nitro groups is 1. The summed E-state index contributed by atoms with van der Waals surface area (Å²) in [6.07, 6.45) is 5.90. The average molecular weight is 286 g/mol. The van der Waals surface area contributed by atoms with Crippen molar-refractivity contribution in [3.8, 4) is 0 Å². The molecule has 0 heterocycles. The predicted octanol–water partition coefficient (Wildman–Crippen LogP) is 4.74. The second-order valence-electron chi connectivity index (χ2n) is 4.50. The average Bonchev–Trinajstić information content (AvgIpc) is 2.39. The molecule has 0 aromatic heterocycles. The Bertz CT molecular complexity index is 410. The van der Waals surface area contributed by atoms with Crippen LogP contribution in [0.15, 0.2) is 18.2 Å². The third kappa shape index (κ3) is 6.03. The van der Waals surface area contributed by atoms with Crippen molar-refractivity contribution in [2.45, 2.75) is 45.6 Å². The summed E-state index contributed by atoms with van der Waals surface area (Å²) in [6.45, 7) is 3.18. The summed E-state index contributed by atoms with van der Waals surface area (Å²) in [4.78, 5) is 10.2. The van der Waals surface area contributed by atoms with E-state index >= 15 is 0 Å². The van der Waals surface area contributed by atoms with Gasteiger partial charge in [-0.3, -0.25) is 10.1 Å². The molecule has 106 valence electrons. The van der Waals surface area contributed by atoms with E-state index < -0.39 is 4.92 Å². The van der Waals surface area contributed by atoms with Crippen LogP contribution in [0.25, 0.3) is 0 Å². The highest BCUT2D eigenvalue weighted by Gasteiger charge is 2.09. The van der Waals surface area contributed by atoms with Gasteiger partial charge in [-0.25, -0.2) is 0 Å². The molecule has 1 aromatic carbocycles. The molecule has 0 bridgehead atoms. The Morgan fingerprint density at radius 3 is 2.68 bits per heavy atom. The summed E-state index contributed by atoms with van der Waals surface area (Å²) in [7, 11) is 0. The largest absolute Gasteiger partial charge is 0.377 e. The van der Waals surface area contributed by atoms with Crippen LogP contribution in [0.4, 0.5) is 5.69 Å². The Morgan fingerprint density at radius 2 is 2.00 bits per heavy atom. The van der Waals surface area contributed by atoms with Crippen molar-refractivity contribution in [3.63, 3.8) is 0 Å². The number of hydrogen-bond acceptors (Lipinski definition) is 3. The van der Waals surface area contributed by atoms with Crippen LogP contribution in [-0.4, -0.2) is 11.5 Å². The van der Waals surface area contributed by atoms with Crippen LogP contribution in [0.2, 0.25) is 5.02 Å². The van der Waals surface area contributed by atoms with Crippen molar-refractivity contribution in [3.05, 3.63) is 38.9 Å². The molecule has 4 nitrogen and oxygen atoms in total. The van der Waals surface area contributed by atoms with Gasteiger partial charge in [0, 0.05) is 29.3 Å². The van der Waals surface area contributed by atoms with Crippen molar-refractivity contribution in [2.75, 3.05) is 6.61 Å². The lowest BCUT2D eigenvalue weighted by molar-refractivity contribution is -0.384. The Kier molecular flexibility index (Phi) is 7.45. The molecular weight excluding hydrogens is 266 g/mol. The molecule has 0 spiro atoms. The maximum Gasteiger partial charge on any atom is 0.269 e. The number of unbranched alkanes of at least 4 members (excludes halogenated alkanes) is 4. The fourth-order valence-corrected chi connectivity index (χ4v) is 1.95. The quantitative estimate of drug-likeness (QED) is 0.374. The molecule has 0 atom stereocenters. The van der Waals surface area contributed by atoms with Gasteiger partial charge in [-0.05, 0) is 12.5 Å². The van der Waals surface area contributed by atoms with Crippen LogP contribution in [0.5, 0.6) is 0 Å². The maximum absolute atomic E-state index is 10.7. The number of rotatable bonds is 9. The molecule has 0 fully saturated rings. The van der Waals surface area contributed by atoms with Gasteiger partial charge >= 0.3 is 0 Å². The molecule has 0 N–H and O–H groups in total. The molecule has 19 heavy (non-hydrogen) atoms. The lowest BCUT2D eigenvalue weighted by Crippen LogP contribution is -1.98. The van der Waals surface area contributed by atoms with Gasteiger partial charge in [0.25, 0.3) is 5.69 Å². The minimum absolute atomic E-state index is 0.0472. The zero-order valence-corrected chi connectivity index (χ0v) is 12.0. The normalized spacial score (nSPS) is 10.6. The molecule has 0 saturated heterocycles. The molecule has 0 amide bonds. The monoisotopic (exact) mass is 285 g/mol. The van der Waals surface area contributed by atoms with Crippen LogP contribution < -0.4 is 0 Å². The van der Waals surface area contributed by atoms with E-state index in [2.05, 4.69) is 6.92 Å². The zero-order valence-electron chi connectivity index (χ0n) is 11.2. The van der Waals surface area contributed by atoms with Crippen molar-refractivity contribution < 1.29 is 9.66 Å². The fraction of sp³-hybridized carbons (Fsp3) is 0.571. The first kappa shape index (κ1) is 15.9. The van der Waals surface area contributed by atoms with Gasteiger partial charge in [-0.2, -0.15) is 0 Å². The predicted molar refractivity (Wildman–Crippen MR) is 76.5 cm³/mol. The van der Waals surface area contributed by atoms with Crippen molar-refractivity contribution >= 4 is 17.3 Å². The number of nitro benzene ring substituents is 1. The van der Waals surface area contributed by atoms with E-state index in [1.165, 1.54) is 31.4 Å². The van der Waals surface area contributed by atoms with Crippen LogP contribution in [0.3, 0.4) is 0 Å². The van der Waals surface area contributed by atoms with Crippen LogP contribution in [-0.2, 0) is 11.3 Å². The summed E-state index contributed by atoms with van der Waals surface area (Å²) < 4.78 is 5.51. The number of halogens is 1. The number of hydrogen-bond donors (Lipinski definition) is 0. The summed E-state index contributed by atoms with van der Waals surface area (Å²) in [6, 6.07) is 4.41. The molecule has 1 rings (SSSR count). The third-order valence-corrected chi connectivity index (χ3v) is 3.26. The standard InChI is InChI=1S/C14H20ClNO3/c1-2-3-4-5-6-9-19-11-12-10-13(16(17)18)7-8-14(12)15/h7-8,10H,2-6,9,11H2,1H3. The van der Waals surface area contributed by atoms with E-state index in [1.54, 1.807) is 6.07 Å². The van der Waals surface area contributed by atoms with Crippen molar-refractivity contribution in [1.29, 1.82) is 0 Å². The highest BCUT2D eigenvalue weighted by molar-refractivity contribution is 6.31. The third-order valence-electron chi connectivity index (χ3n) is 2.89. The van der Waals surface area contributed by atoms with Crippen LogP contribution >= 0.6 is 11.6 Å². The lowest BCUT2D eigenvalue weighted by Gasteiger charge is -2.06. The van der Waals surface area contributed by atoms with Gasteiger partial charge in [-0.15, -0.1) is 0 Å². The number of non-ortho nitro benzene ring substituents is 1. The van der Waals surface area contributed by atoms with Gasteiger partial charge < -0.3 is 4.74 Å². The highest BCUT2D eigenvalue weighted by Crippen LogP contribution is 2.22. The van der Waals surface area contributed by atoms with Gasteiger partial charge in [-0.1, -0.05) is 44.2 Å². The zero-order chi connectivity index (χ0) is 14.1. The van der Waals surface area contributed by atoms with Crippen LogP contribution in [0, 0.1) is 10.1 Å². The van der Waals surface area contributed by atoms with Crippen molar-refractivity contribution in [2.24, 2.45) is 0 Å². The summed E-state index contributed by atoms with van der Waals surface area (Å²) in [5.41, 5.74) is 0.718. The van der Waals surface area contributed by atoms with Gasteiger partial charge in [0.1, 0.15) is 0 Å². The topological polar surface area (TPSA) is 52.4 Å². The van der Waals surface area contributed by atoms with E-state index in [0.717, 1.165) is 12.8 Å². The Hall–Kier alpha value is -1.13. The Morgan fingerprint density at radius 1 is 1.26 bits per heavy atom. The first-order valence-electron chi connectivity index (χ1n) is 6.65. The second-order valence-corrected chi connectivity index (χ2v) is 4.91. The number of nitrogens with zero attached hydrogens (tertiary/aromatic N) is 1. The summed E-state index contributed by atoms with van der Waals surface area (Å²) in [5.74, 6) is 0. The molecule has 0 saturated carbocycles. The first-order chi connectivity index (χ1) is 9.15. The van der Waals surface area contributed by atoms with Crippen LogP contribution in [0.1, 0.15) is 44.6 Å². The second kappa shape index (κ2) is 8.88. The Labute approximate surface area is 118 Å². The van der Waals surface area contributed by atoms with E-state index in [0.29, 0.717) is 23.8 Å². The molecule has 5 heteroatoms. The van der Waals surface area contributed by atoms with E-state index in [1.807, 2.05) is 0 Å². The first-order valence-corrected chi connectivity index (χ1v) is 7.03. The summed E-state index contributed by atoms with van der Waals surface area (Å²) in [5, 5.41) is 11.2. The van der Waals surface area contributed by atoms with E-state index in [9.17, 15) is 10.1 Å². The molecule has 0 aliphatic heterocycles. The molecule has 1 aromatic rings. The van der Waals surface area contributed by atoms with E-state index in [-0.39, 0.29) is 5.69 Å². The highest BCUT2D eigenvalue weighted by atomic mass is 35.5. The molecule has 0 aliphatic rings. The molecule has 0 radical (unpaired) electrons. The van der Waals surface area contributed by atoms with Gasteiger partial charge in [0.05, 0.1) is 11.5 Å². The number of ether oxygens (including phenoxy) is 1. The minimum Gasteiger partial charge on any atom is -0.377 e. The van der Waals surface area contributed by atoms with Crippen molar-refractivity contribution in [1.82, 2.24) is 0 Å². The molecular formula is C14H20ClNO3. The SMILES string of the molecule is CCCCCCCOCc1cc([N+](=O)[O-])ccc1Cl.